The number of benzene rings is 2. The lowest BCUT2D eigenvalue weighted by atomic mass is 10.1. The molecule has 248 valence electrons. The van der Waals surface area contributed by atoms with Gasteiger partial charge in [0.15, 0.2) is 0 Å². The van der Waals surface area contributed by atoms with Crippen LogP contribution in [0.5, 0.6) is 5.75 Å². The minimum atomic E-state index is -1.20. The summed E-state index contributed by atoms with van der Waals surface area (Å²) in [4.78, 5) is 72.1. The molecule has 0 saturated carbocycles. The highest BCUT2D eigenvalue weighted by Gasteiger charge is 2.37. The first-order valence-corrected chi connectivity index (χ1v) is 15.1. The predicted octanol–water partition coefficient (Wildman–Crippen LogP) is 3.09. The lowest BCUT2D eigenvalue weighted by molar-refractivity contribution is -0.151. The summed E-state index contributed by atoms with van der Waals surface area (Å²) < 4.78 is 31.6. The van der Waals surface area contributed by atoms with Gasteiger partial charge < -0.3 is 33.8 Å². The Labute approximate surface area is 267 Å². The number of hydrogen-bond donors (Lipinski definition) is 0. The highest BCUT2D eigenvalue weighted by atomic mass is 19.1. The molecule has 0 bridgehead atoms. The molecule has 0 radical (unpaired) electrons. The van der Waals surface area contributed by atoms with Gasteiger partial charge in [-0.15, -0.1) is 0 Å². The van der Waals surface area contributed by atoms with Gasteiger partial charge in [0, 0.05) is 40.2 Å². The molecule has 0 aliphatic carbocycles. The second-order valence-electron chi connectivity index (χ2n) is 12.4. The molecule has 4 amide bonds. The van der Waals surface area contributed by atoms with Gasteiger partial charge in [0.1, 0.15) is 36.4 Å². The minimum absolute atomic E-state index is 0.0273. The Morgan fingerprint density at radius 2 is 1.72 bits per heavy atom. The van der Waals surface area contributed by atoms with Crippen molar-refractivity contribution in [3.05, 3.63) is 65.5 Å². The zero-order valence-electron chi connectivity index (χ0n) is 26.9. The Bertz CT molecular complexity index is 1450. The molecule has 0 spiro atoms. The maximum Gasteiger partial charge on any atom is 0.410 e. The Kier molecular flexibility index (Phi) is 10.9. The topological polar surface area (TPSA) is 126 Å². The van der Waals surface area contributed by atoms with E-state index in [1.165, 1.54) is 34.9 Å². The molecule has 1 fully saturated rings. The average molecular weight is 641 g/mol. The first-order valence-electron chi connectivity index (χ1n) is 15.1. The first kappa shape index (κ1) is 34.2. The second-order valence-corrected chi connectivity index (χ2v) is 12.4. The number of halogens is 1. The fourth-order valence-electron chi connectivity index (χ4n) is 5.26. The Hall–Kier alpha value is -4.68. The molecule has 2 aromatic rings. The van der Waals surface area contributed by atoms with E-state index in [-0.39, 0.29) is 69.5 Å². The third-order valence-corrected chi connectivity index (χ3v) is 7.77. The molecule has 0 aromatic heterocycles. The summed E-state index contributed by atoms with van der Waals surface area (Å²) >= 11 is 0. The van der Waals surface area contributed by atoms with E-state index in [0.717, 1.165) is 22.6 Å². The van der Waals surface area contributed by atoms with Crippen molar-refractivity contribution in [2.24, 2.45) is 0 Å². The van der Waals surface area contributed by atoms with Crippen LogP contribution in [0.1, 0.15) is 49.5 Å². The third-order valence-electron chi connectivity index (χ3n) is 7.77. The number of likely N-dealkylation sites (N-methyl/N-ethyl adjacent to an activating group) is 2. The first-order chi connectivity index (χ1) is 21.7. The van der Waals surface area contributed by atoms with Gasteiger partial charge in [-0.3, -0.25) is 14.4 Å². The molecule has 1 saturated heterocycles. The fourth-order valence-corrected chi connectivity index (χ4v) is 5.26. The number of piperazine rings is 1. The SMILES string of the molecule is CN1CC(=O)N2CCN(C(=O)OC(C)(C)C)C[C@@H]2COc2ccc(F)cc2C(=O)N(C)[C@@H](C(=O)OCc2ccccc2)CCC1=O. The second kappa shape index (κ2) is 14.6. The van der Waals surface area contributed by atoms with Crippen LogP contribution in [0.15, 0.2) is 48.5 Å². The number of carbonyl (C=O) groups is 5. The summed E-state index contributed by atoms with van der Waals surface area (Å²) in [5.41, 5.74) is -0.148. The van der Waals surface area contributed by atoms with E-state index in [1.807, 2.05) is 6.07 Å². The zero-order valence-corrected chi connectivity index (χ0v) is 26.9. The number of nitrogens with zero attached hydrogens (tertiary/aromatic N) is 4. The van der Waals surface area contributed by atoms with Crippen molar-refractivity contribution in [2.45, 2.75) is 57.9 Å². The summed E-state index contributed by atoms with van der Waals surface area (Å²) in [6, 6.07) is 10.6. The molecule has 12 nitrogen and oxygen atoms in total. The molecule has 13 heteroatoms. The van der Waals surface area contributed by atoms with Crippen molar-refractivity contribution in [3.63, 3.8) is 0 Å². The number of esters is 1. The lowest BCUT2D eigenvalue weighted by Gasteiger charge is -2.41. The Balaban J connectivity index is 1.64. The largest absolute Gasteiger partial charge is 0.491 e. The van der Waals surface area contributed by atoms with E-state index in [1.54, 1.807) is 45.0 Å². The van der Waals surface area contributed by atoms with Crippen LogP contribution in [0.3, 0.4) is 0 Å². The van der Waals surface area contributed by atoms with E-state index < -0.39 is 47.4 Å². The number of ether oxygens (including phenoxy) is 3. The summed E-state index contributed by atoms with van der Waals surface area (Å²) in [7, 11) is 2.86. The van der Waals surface area contributed by atoms with Crippen LogP contribution in [0.4, 0.5) is 9.18 Å². The van der Waals surface area contributed by atoms with Crippen LogP contribution in [0.25, 0.3) is 0 Å². The normalized spacial score (nSPS) is 20.2. The zero-order chi connectivity index (χ0) is 33.6. The van der Waals surface area contributed by atoms with E-state index in [2.05, 4.69) is 0 Å². The summed E-state index contributed by atoms with van der Waals surface area (Å²) in [5, 5.41) is 0. The number of rotatable bonds is 3. The molecular formula is C33H41FN4O8. The molecule has 2 aromatic carbocycles. The van der Waals surface area contributed by atoms with Gasteiger partial charge in [0.05, 0.1) is 18.2 Å². The summed E-state index contributed by atoms with van der Waals surface area (Å²) in [6.45, 7) is 5.23. The van der Waals surface area contributed by atoms with Gasteiger partial charge in [0.2, 0.25) is 11.8 Å². The quantitative estimate of drug-likeness (QED) is 0.469. The minimum Gasteiger partial charge on any atom is -0.491 e. The van der Waals surface area contributed by atoms with Gasteiger partial charge in [-0.2, -0.15) is 0 Å². The van der Waals surface area contributed by atoms with Crippen LogP contribution in [-0.2, 0) is 30.5 Å². The molecule has 0 unspecified atom stereocenters. The summed E-state index contributed by atoms with van der Waals surface area (Å²) in [6.07, 6.45) is -0.822. The molecule has 0 N–H and O–H groups in total. The van der Waals surface area contributed by atoms with Gasteiger partial charge in [-0.25, -0.2) is 14.0 Å². The van der Waals surface area contributed by atoms with Gasteiger partial charge in [-0.1, -0.05) is 30.3 Å². The maximum atomic E-state index is 14.5. The monoisotopic (exact) mass is 640 g/mol. The fraction of sp³-hybridized carbons (Fsp3) is 0.485. The van der Waals surface area contributed by atoms with Gasteiger partial charge in [-0.05, 0) is 51.0 Å². The van der Waals surface area contributed by atoms with E-state index in [4.69, 9.17) is 14.2 Å². The molecule has 2 aliphatic heterocycles. The van der Waals surface area contributed by atoms with E-state index >= 15 is 0 Å². The van der Waals surface area contributed by atoms with Crippen molar-refractivity contribution >= 4 is 29.8 Å². The molecular weight excluding hydrogens is 599 g/mol. The van der Waals surface area contributed by atoms with E-state index in [0.29, 0.717) is 0 Å². The lowest BCUT2D eigenvalue weighted by Crippen LogP contribution is -2.60. The molecule has 4 rings (SSSR count). The highest BCUT2D eigenvalue weighted by Crippen LogP contribution is 2.25. The third kappa shape index (κ3) is 8.73. The van der Waals surface area contributed by atoms with Crippen LogP contribution < -0.4 is 4.74 Å². The van der Waals surface area contributed by atoms with Crippen LogP contribution >= 0.6 is 0 Å². The smallest absolute Gasteiger partial charge is 0.410 e. The van der Waals surface area contributed by atoms with E-state index in [9.17, 15) is 28.4 Å². The molecule has 2 heterocycles. The van der Waals surface area contributed by atoms with Crippen LogP contribution in [-0.4, -0.2) is 114 Å². The molecule has 46 heavy (non-hydrogen) atoms. The van der Waals surface area contributed by atoms with Gasteiger partial charge in [0.25, 0.3) is 5.91 Å². The average Bonchev–Trinajstić information content (AvgIpc) is 3.01. The number of hydrogen-bond acceptors (Lipinski definition) is 8. The predicted molar refractivity (Wildman–Crippen MR) is 164 cm³/mol. The van der Waals surface area contributed by atoms with Crippen LogP contribution in [0.2, 0.25) is 0 Å². The highest BCUT2D eigenvalue weighted by molar-refractivity contribution is 5.99. The Morgan fingerprint density at radius 1 is 1.00 bits per heavy atom. The van der Waals surface area contributed by atoms with Crippen molar-refractivity contribution in [1.82, 2.24) is 19.6 Å². The van der Waals surface area contributed by atoms with Crippen molar-refractivity contribution in [3.8, 4) is 5.75 Å². The van der Waals surface area contributed by atoms with Crippen molar-refractivity contribution < 1.29 is 42.6 Å². The van der Waals surface area contributed by atoms with Gasteiger partial charge >= 0.3 is 12.1 Å². The van der Waals surface area contributed by atoms with Crippen molar-refractivity contribution in [1.29, 1.82) is 0 Å². The number of carbonyl (C=O) groups excluding carboxylic acids is 5. The number of fused-ring (bicyclic) bond motifs is 2. The standard InChI is InChI=1S/C33H41FN4O8/c1-33(2,3)46-32(43)37-15-16-38-24(18-37)21-44-27-13-11-23(34)17-25(27)30(41)36(5)26(12-14-28(39)35(4)19-29(38)40)31(42)45-20-22-9-7-6-8-10-22/h6-11,13,17,24,26H,12,14-16,18-21H2,1-5H3/t24-,26-/m1/s1. The summed E-state index contributed by atoms with van der Waals surface area (Å²) in [5.74, 6) is -2.93. The molecule has 2 atom stereocenters. The Morgan fingerprint density at radius 3 is 2.41 bits per heavy atom. The van der Waals surface area contributed by atoms with Crippen molar-refractivity contribution in [2.75, 3.05) is 46.9 Å². The molecule has 2 aliphatic rings. The van der Waals surface area contributed by atoms with Crippen LogP contribution in [0, 0.1) is 5.82 Å². The number of amides is 4. The maximum absolute atomic E-state index is 14.5.